The molecule has 6 nitrogen and oxygen atoms in total. The molecule has 1 heterocycles. The molecule has 0 amide bonds. The fourth-order valence-corrected chi connectivity index (χ4v) is 3.15. The lowest BCUT2D eigenvalue weighted by Gasteiger charge is -2.24. The molecule has 0 spiro atoms. The van der Waals surface area contributed by atoms with E-state index < -0.39 is 0 Å². The van der Waals surface area contributed by atoms with Crippen LogP contribution in [0.25, 0.3) is 0 Å². The van der Waals surface area contributed by atoms with Crippen LogP contribution in [0.5, 0.6) is 0 Å². The molecule has 7 heteroatoms. The van der Waals surface area contributed by atoms with E-state index in [0.717, 1.165) is 32.1 Å². The Labute approximate surface area is 194 Å². The second kappa shape index (κ2) is 13.4. The van der Waals surface area contributed by atoms with Crippen LogP contribution in [0.15, 0.2) is 29.3 Å². The minimum atomic E-state index is -0.222. The molecule has 166 valence electrons. The van der Waals surface area contributed by atoms with Crippen molar-refractivity contribution >= 4 is 29.9 Å². The van der Waals surface area contributed by atoms with E-state index in [-0.39, 0.29) is 29.6 Å². The van der Waals surface area contributed by atoms with Gasteiger partial charge in [0, 0.05) is 39.8 Å². The van der Waals surface area contributed by atoms with E-state index in [1.807, 2.05) is 0 Å². The lowest BCUT2D eigenvalue weighted by Crippen LogP contribution is -2.45. The molecular weight excluding hydrogens is 477 g/mol. The van der Waals surface area contributed by atoms with Gasteiger partial charge < -0.3 is 20.3 Å². The second-order valence-electron chi connectivity index (χ2n) is 8.26. The Morgan fingerprint density at radius 1 is 1.07 bits per heavy atom. The molecular formula is C22H40IN5O. The van der Waals surface area contributed by atoms with Crippen molar-refractivity contribution in [3.05, 3.63) is 35.4 Å². The zero-order chi connectivity index (χ0) is 20.4. The number of nitrogens with zero attached hydrogens (tertiary/aromatic N) is 3. The number of methoxy groups -OCH3 is 1. The molecule has 1 saturated heterocycles. The van der Waals surface area contributed by atoms with Crippen molar-refractivity contribution in [2.75, 3.05) is 53.4 Å². The van der Waals surface area contributed by atoms with E-state index in [2.05, 4.69) is 72.5 Å². The third kappa shape index (κ3) is 10.1. The standard InChI is InChI=1S/C22H39N5O.HI/c1-6-23-21(25-18-22(2,3)28-5)24-16-19-8-10-20(11-9-19)17-27-13-7-12-26(4)14-15-27;/h8-11H,6-7,12-18H2,1-5H3,(H2,23,24,25);1H. The van der Waals surface area contributed by atoms with Crippen LogP contribution in [-0.4, -0.2) is 74.8 Å². The van der Waals surface area contributed by atoms with Gasteiger partial charge in [-0.1, -0.05) is 24.3 Å². The number of hydrogen-bond acceptors (Lipinski definition) is 4. The maximum absolute atomic E-state index is 5.47. The Balaban J connectivity index is 0.00000420. The summed E-state index contributed by atoms with van der Waals surface area (Å²) < 4.78 is 5.47. The van der Waals surface area contributed by atoms with E-state index in [0.29, 0.717) is 13.1 Å². The predicted molar refractivity (Wildman–Crippen MR) is 133 cm³/mol. The van der Waals surface area contributed by atoms with Crippen LogP contribution in [0.3, 0.4) is 0 Å². The molecule has 1 aliphatic rings. The smallest absolute Gasteiger partial charge is 0.191 e. The van der Waals surface area contributed by atoms with Crippen LogP contribution >= 0.6 is 24.0 Å². The highest BCUT2D eigenvalue weighted by molar-refractivity contribution is 14.0. The Kier molecular flexibility index (Phi) is 12.1. The summed E-state index contributed by atoms with van der Waals surface area (Å²) in [5.74, 6) is 0.824. The van der Waals surface area contributed by atoms with Crippen LogP contribution in [0, 0.1) is 0 Å². The molecule has 1 aliphatic heterocycles. The summed E-state index contributed by atoms with van der Waals surface area (Å²) in [4.78, 5) is 9.69. The molecule has 0 unspecified atom stereocenters. The molecule has 1 fully saturated rings. The second-order valence-corrected chi connectivity index (χ2v) is 8.26. The third-order valence-electron chi connectivity index (χ3n) is 5.24. The summed E-state index contributed by atoms with van der Waals surface area (Å²) in [5.41, 5.74) is 2.38. The summed E-state index contributed by atoms with van der Waals surface area (Å²) in [6, 6.07) is 8.89. The van der Waals surface area contributed by atoms with E-state index in [9.17, 15) is 0 Å². The molecule has 29 heavy (non-hydrogen) atoms. The van der Waals surface area contributed by atoms with Gasteiger partial charge >= 0.3 is 0 Å². The minimum absolute atomic E-state index is 0. The van der Waals surface area contributed by atoms with Gasteiger partial charge in [-0.2, -0.15) is 0 Å². The summed E-state index contributed by atoms with van der Waals surface area (Å²) in [6.07, 6.45) is 1.25. The first-order valence-corrected chi connectivity index (χ1v) is 10.5. The average Bonchev–Trinajstić information content (AvgIpc) is 2.89. The van der Waals surface area contributed by atoms with Gasteiger partial charge in [0.05, 0.1) is 12.1 Å². The number of aliphatic imine (C=N–C) groups is 1. The molecule has 1 aromatic carbocycles. The highest BCUT2D eigenvalue weighted by Crippen LogP contribution is 2.11. The summed E-state index contributed by atoms with van der Waals surface area (Å²) in [7, 11) is 3.95. The van der Waals surface area contributed by atoms with Crippen molar-refractivity contribution in [2.24, 2.45) is 4.99 Å². The topological polar surface area (TPSA) is 52.1 Å². The molecule has 0 radical (unpaired) electrons. The molecule has 0 bridgehead atoms. The van der Waals surface area contributed by atoms with Gasteiger partial charge in [0.15, 0.2) is 5.96 Å². The predicted octanol–water partition coefficient (Wildman–Crippen LogP) is 2.92. The lowest BCUT2D eigenvalue weighted by molar-refractivity contribution is 0.0268. The van der Waals surface area contributed by atoms with Gasteiger partial charge in [0.25, 0.3) is 0 Å². The zero-order valence-electron chi connectivity index (χ0n) is 18.8. The number of hydrogen-bond donors (Lipinski definition) is 2. The fraction of sp³-hybridized carbons (Fsp3) is 0.682. The van der Waals surface area contributed by atoms with Crippen LogP contribution in [0.4, 0.5) is 0 Å². The molecule has 1 aromatic rings. The maximum atomic E-state index is 5.47. The van der Waals surface area contributed by atoms with Gasteiger partial charge in [-0.05, 0) is 58.5 Å². The number of rotatable bonds is 8. The summed E-state index contributed by atoms with van der Waals surface area (Å²) >= 11 is 0. The number of benzene rings is 1. The minimum Gasteiger partial charge on any atom is -0.377 e. The van der Waals surface area contributed by atoms with Crippen molar-refractivity contribution in [1.29, 1.82) is 0 Å². The number of ether oxygens (including phenoxy) is 1. The molecule has 0 aliphatic carbocycles. The van der Waals surface area contributed by atoms with Gasteiger partial charge in [-0.3, -0.25) is 4.90 Å². The summed E-state index contributed by atoms with van der Waals surface area (Å²) in [5, 5.41) is 6.66. The largest absolute Gasteiger partial charge is 0.377 e. The summed E-state index contributed by atoms with van der Waals surface area (Å²) in [6.45, 7) is 14.1. The fourth-order valence-electron chi connectivity index (χ4n) is 3.15. The van der Waals surface area contributed by atoms with E-state index in [1.165, 1.54) is 30.6 Å². The number of nitrogens with one attached hydrogen (secondary N) is 2. The highest BCUT2D eigenvalue weighted by atomic mass is 127. The Hall–Kier alpha value is -0.900. The number of guanidine groups is 1. The van der Waals surface area contributed by atoms with E-state index in [4.69, 9.17) is 9.73 Å². The monoisotopic (exact) mass is 517 g/mol. The Morgan fingerprint density at radius 2 is 1.76 bits per heavy atom. The first kappa shape index (κ1) is 26.1. The van der Waals surface area contributed by atoms with Gasteiger partial charge in [0.2, 0.25) is 0 Å². The van der Waals surface area contributed by atoms with Crippen LogP contribution in [0.2, 0.25) is 0 Å². The van der Waals surface area contributed by atoms with E-state index in [1.54, 1.807) is 7.11 Å². The van der Waals surface area contributed by atoms with Crippen LogP contribution < -0.4 is 10.6 Å². The number of halogens is 1. The van der Waals surface area contributed by atoms with Crippen molar-refractivity contribution < 1.29 is 4.74 Å². The molecule has 2 rings (SSSR count). The van der Waals surface area contributed by atoms with Gasteiger partial charge in [0.1, 0.15) is 0 Å². The van der Waals surface area contributed by atoms with E-state index >= 15 is 0 Å². The zero-order valence-corrected chi connectivity index (χ0v) is 21.2. The first-order chi connectivity index (χ1) is 13.4. The molecule has 0 aromatic heterocycles. The van der Waals surface area contributed by atoms with Crippen molar-refractivity contribution in [3.8, 4) is 0 Å². The SMILES string of the molecule is CCNC(=NCc1ccc(CN2CCCN(C)CC2)cc1)NCC(C)(C)OC.I. The lowest BCUT2D eigenvalue weighted by atomic mass is 10.1. The molecule has 0 atom stereocenters. The van der Waals surface area contributed by atoms with Gasteiger partial charge in [-0.15, -0.1) is 24.0 Å². The normalized spacial score (nSPS) is 16.8. The number of likely N-dealkylation sites (N-methyl/N-ethyl adjacent to an activating group) is 1. The molecule has 2 N–H and O–H groups in total. The van der Waals surface area contributed by atoms with Crippen LogP contribution in [0.1, 0.15) is 38.3 Å². The average molecular weight is 518 g/mol. The Morgan fingerprint density at radius 3 is 2.41 bits per heavy atom. The van der Waals surface area contributed by atoms with Crippen molar-refractivity contribution in [1.82, 2.24) is 20.4 Å². The quantitative estimate of drug-likeness (QED) is 0.316. The molecule has 0 saturated carbocycles. The van der Waals surface area contributed by atoms with Crippen LogP contribution in [-0.2, 0) is 17.8 Å². The first-order valence-electron chi connectivity index (χ1n) is 10.5. The Bertz CT molecular complexity index is 606. The highest BCUT2D eigenvalue weighted by Gasteiger charge is 2.16. The maximum Gasteiger partial charge on any atom is 0.191 e. The third-order valence-corrected chi connectivity index (χ3v) is 5.24. The van der Waals surface area contributed by atoms with Gasteiger partial charge in [-0.25, -0.2) is 4.99 Å². The van der Waals surface area contributed by atoms with Crippen molar-refractivity contribution in [3.63, 3.8) is 0 Å². The van der Waals surface area contributed by atoms with Crippen molar-refractivity contribution in [2.45, 2.75) is 45.9 Å².